The highest BCUT2D eigenvalue weighted by molar-refractivity contribution is 7.91. The quantitative estimate of drug-likeness (QED) is 0.618. The Labute approximate surface area is 180 Å². The number of benzene rings is 1. The van der Waals surface area contributed by atoms with Crippen LogP contribution in [0.25, 0.3) is 0 Å². The molecule has 0 spiro atoms. The lowest BCUT2D eigenvalue weighted by molar-refractivity contribution is -0.136. The summed E-state index contributed by atoms with van der Waals surface area (Å²) in [6, 6.07) is 8.52. The minimum Gasteiger partial charge on any atom is -0.452 e. The number of halogens is 1. The number of rotatable bonds is 8. The molecular formula is C21H24FN3O5S. The van der Waals surface area contributed by atoms with Crippen LogP contribution in [0.2, 0.25) is 0 Å². The van der Waals surface area contributed by atoms with Gasteiger partial charge in [0, 0.05) is 18.8 Å². The van der Waals surface area contributed by atoms with Gasteiger partial charge in [-0.05, 0) is 37.1 Å². The van der Waals surface area contributed by atoms with Crippen molar-refractivity contribution in [1.82, 2.24) is 9.88 Å². The van der Waals surface area contributed by atoms with Crippen molar-refractivity contribution in [2.24, 2.45) is 0 Å². The zero-order valence-corrected chi connectivity index (χ0v) is 17.9. The lowest BCUT2D eigenvalue weighted by Crippen LogP contribution is -2.43. The Hall–Kier alpha value is -3.01. The molecule has 0 bridgehead atoms. The van der Waals surface area contributed by atoms with Crippen molar-refractivity contribution in [3.8, 4) is 0 Å². The van der Waals surface area contributed by atoms with Gasteiger partial charge in [0.1, 0.15) is 17.2 Å². The fraction of sp³-hybridized carbons (Fsp3) is 0.381. The number of amides is 1. The monoisotopic (exact) mass is 449 g/mol. The maximum atomic E-state index is 13.9. The summed E-state index contributed by atoms with van der Waals surface area (Å²) in [5.74, 6) is -1.69. The number of aromatic nitrogens is 1. The summed E-state index contributed by atoms with van der Waals surface area (Å²) in [4.78, 5) is 30.8. The van der Waals surface area contributed by atoms with E-state index in [1.165, 1.54) is 41.4 Å². The number of anilines is 2. The predicted molar refractivity (Wildman–Crippen MR) is 113 cm³/mol. The van der Waals surface area contributed by atoms with Crippen LogP contribution in [-0.2, 0) is 19.4 Å². The Bertz CT molecular complexity index is 1060. The Morgan fingerprint density at radius 1 is 1.26 bits per heavy atom. The number of nitrogens with one attached hydrogen (secondary N) is 1. The van der Waals surface area contributed by atoms with Crippen molar-refractivity contribution < 1.29 is 27.1 Å². The van der Waals surface area contributed by atoms with E-state index in [0.717, 1.165) is 0 Å². The van der Waals surface area contributed by atoms with Crippen molar-refractivity contribution in [1.29, 1.82) is 0 Å². The highest BCUT2D eigenvalue weighted by atomic mass is 32.2. The van der Waals surface area contributed by atoms with E-state index in [0.29, 0.717) is 19.4 Å². The molecule has 1 saturated heterocycles. The van der Waals surface area contributed by atoms with E-state index >= 15 is 0 Å². The summed E-state index contributed by atoms with van der Waals surface area (Å²) in [6.07, 6.45) is 2.46. The van der Waals surface area contributed by atoms with E-state index in [9.17, 15) is 22.4 Å². The second-order valence-electron chi connectivity index (χ2n) is 7.22. The molecule has 1 aliphatic rings. The summed E-state index contributed by atoms with van der Waals surface area (Å²) in [5, 5.41) is 2.76. The van der Waals surface area contributed by atoms with E-state index in [1.807, 2.05) is 6.92 Å². The molecule has 31 heavy (non-hydrogen) atoms. The molecule has 3 rings (SSSR count). The SMILES string of the molecule is CCCN(C(=O)COC(=O)c1cccnc1Nc1ccccc1F)C1CCS(=O)(=O)C1. The number of para-hydroxylation sites is 1. The smallest absolute Gasteiger partial charge is 0.342 e. The first-order valence-corrected chi connectivity index (χ1v) is 11.8. The number of carbonyl (C=O) groups excluding carboxylic acids is 2. The molecular weight excluding hydrogens is 425 g/mol. The Kier molecular flexibility index (Phi) is 7.21. The standard InChI is InChI=1S/C21H24FN3O5S/c1-2-11-25(15-9-12-31(28,29)14-15)19(26)13-30-21(27)16-6-5-10-23-20(16)24-18-8-4-3-7-17(18)22/h3-8,10,15H,2,9,11-14H2,1H3,(H,23,24). The van der Waals surface area contributed by atoms with Crippen molar-refractivity contribution in [3.05, 3.63) is 54.0 Å². The second kappa shape index (κ2) is 9.86. The third-order valence-electron chi connectivity index (χ3n) is 4.92. The maximum Gasteiger partial charge on any atom is 0.342 e. The van der Waals surface area contributed by atoms with E-state index in [2.05, 4.69) is 10.3 Å². The molecule has 0 saturated carbocycles. The van der Waals surface area contributed by atoms with Gasteiger partial charge in [0.2, 0.25) is 0 Å². The third-order valence-corrected chi connectivity index (χ3v) is 6.67. The first kappa shape index (κ1) is 22.7. The van der Waals surface area contributed by atoms with Crippen LogP contribution in [0, 0.1) is 5.82 Å². The number of carbonyl (C=O) groups is 2. The van der Waals surface area contributed by atoms with Crippen LogP contribution in [0.1, 0.15) is 30.1 Å². The third kappa shape index (κ3) is 5.78. The van der Waals surface area contributed by atoms with Gasteiger partial charge in [-0.1, -0.05) is 19.1 Å². The molecule has 1 atom stereocenters. The van der Waals surface area contributed by atoms with Crippen LogP contribution < -0.4 is 5.32 Å². The Balaban J connectivity index is 1.67. The van der Waals surface area contributed by atoms with E-state index in [1.54, 1.807) is 6.07 Å². The zero-order valence-electron chi connectivity index (χ0n) is 17.1. The number of hydrogen-bond acceptors (Lipinski definition) is 7. The van der Waals surface area contributed by atoms with Crippen LogP contribution in [0.15, 0.2) is 42.6 Å². The molecule has 1 N–H and O–H groups in total. The van der Waals surface area contributed by atoms with Crippen LogP contribution >= 0.6 is 0 Å². The molecule has 0 radical (unpaired) electrons. The van der Waals surface area contributed by atoms with E-state index in [-0.39, 0.29) is 28.6 Å². The number of ether oxygens (including phenoxy) is 1. The molecule has 2 aromatic rings. The average Bonchev–Trinajstić information content (AvgIpc) is 3.11. The van der Waals surface area contributed by atoms with Crippen molar-refractivity contribution in [2.75, 3.05) is 30.0 Å². The molecule has 1 amide bonds. The topological polar surface area (TPSA) is 106 Å². The summed E-state index contributed by atoms with van der Waals surface area (Å²) in [5.41, 5.74) is 0.187. The summed E-state index contributed by atoms with van der Waals surface area (Å²) in [6.45, 7) is 1.74. The minimum atomic E-state index is -3.15. The number of sulfone groups is 1. The van der Waals surface area contributed by atoms with Gasteiger partial charge < -0.3 is 15.0 Å². The highest BCUT2D eigenvalue weighted by Gasteiger charge is 2.34. The summed E-state index contributed by atoms with van der Waals surface area (Å²) < 4.78 is 42.7. The average molecular weight is 450 g/mol. The van der Waals surface area contributed by atoms with Gasteiger partial charge in [-0.25, -0.2) is 22.6 Å². The van der Waals surface area contributed by atoms with E-state index < -0.39 is 40.2 Å². The van der Waals surface area contributed by atoms with Gasteiger partial charge in [0.15, 0.2) is 16.4 Å². The van der Waals surface area contributed by atoms with Crippen LogP contribution in [0.4, 0.5) is 15.9 Å². The highest BCUT2D eigenvalue weighted by Crippen LogP contribution is 2.22. The predicted octanol–water partition coefficient (Wildman–Crippen LogP) is 2.55. The molecule has 1 aromatic heterocycles. The van der Waals surface area contributed by atoms with Gasteiger partial charge in [0.05, 0.1) is 17.2 Å². The molecule has 1 aliphatic heterocycles. The van der Waals surface area contributed by atoms with Crippen LogP contribution in [-0.4, -0.2) is 60.9 Å². The maximum absolute atomic E-state index is 13.9. The zero-order chi connectivity index (χ0) is 22.4. The number of pyridine rings is 1. The minimum absolute atomic E-state index is 0.0454. The first-order chi connectivity index (χ1) is 14.8. The Morgan fingerprint density at radius 2 is 2.03 bits per heavy atom. The molecule has 8 nitrogen and oxygen atoms in total. The lowest BCUT2D eigenvalue weighted by Gasteiger charge is -2.27. The fourth-order valence-electron chi connectivity index (χ4n) is 3.42. The van der Waals surface area contributed by atoms with Crippen molar-refractivity contribution in [3.63, 3.8) is 0 Å². The fourth-order valence-corrected chi connectivity index (χ4v) is 5.15. The van der Waals surface area contributed by atoms with Gasteiger partial charge in [-0.2, -0.15) is 0 Å². The van der Waals surface area contributed by atoms with Gasteiger partial charge in [-0.3, -0.25) is 4.79 Å². The number of esters is 1. The normalized spacial score (nSPS) is 17.2. The van der Waals surface area contributed by atoms with Crippen molar-refractivity contribution >= 4 is 33.2 Å². The lowest BCUT2D eigenvalue weighted by atomic mass is 10.2. The molecule has 1 unspecified atom stereocenters. The van der Waals surface area contributed by atoms with Crippen LogP contribution in [0.5, 0.6) is 0 Å². The largest absolute Gasteiger partial charge is 0.452 e. The Morgan fingerprint density at radius 3 is 2.71 bits per heavy atom. The number of hydrogen-bond donors (Lipinski definition) is 1. The van der Waals surface area contributed by atoms with Gasteiger partial charge >= 0.3 is 5.97 Å². The summed E-state index contributed by atoms with van der Waals surface area (Å²) >= 11 is 0. The number of nitrogens with zero attached hydrogens (tertiary/aromatic N) is 2. The van der Waals surface area contributed by atoms with E-state index in [4.69, 9.17) is 4.74 Å². The molecule has 0 aliphatic carbocycles. The van der Waals surface area contributed by atoms with Crippen LogP contribution in [0.3, 0.4) is 0 Å². The van der Waals surface area contributed by atoms with Crippen molar-refractivity contribution in [2.45, 2.75) is 25.8 Å². The second-order valence-corrected chi connectivity index (χ2v) is 9.45. The molecule has 2 heterocycles. The summed E-state index contributed by atoms with van der Waals surface area (Å²) in [7, 11) is -3.15. The first-order valence-electron chi connectivity index (χ1n) is 9.94. The van der Waals surface area contributed by atoms with Gasteiger partial charge in [0.25, 0.3) is 5.91 Å². The molecule has 166 valence electrons. The van der Waals surface area contributed by atoms with Gasteiger partial charge in [-0.15, -0.1) is 0 Å². The molecule has 1 fully saturated rings. The molecule has 10 heteroatoms. The molecule has 1 aromatic carbocycles.